The molecule has 1 saturated heterocycles. The summed E-state index contributed by atoms with van der Waals surface area (Å²) in [6.45, 7) is 3.05. The summed E-state index contributed by atoms with van der Waals surface area (Å²) in [5.74, 6) is -0.181. The second kappa shape index (κ2) is 8.89. The van der Waals surface area contributed by atoms with Crippen LogP contribution in [-0.2, 0) is 4.79 Å². The van der Waals surface area contributed by atoms with Crippen LogP contribution in [0, 0.1) is 18.7 Å². The number of benzene rings is 2. The van der Waals surface area contributed by atoms with Gasteiger partial charge in [0.05, 0.1) is 11.6 Å². The number of rotatable bonds is 4. The van der Waals surface area contributed by atoms with Gasteiger partial charge in [-0.05, 0) is 61.7 Å². The first kappa shape index (κ1) is 21.1. The molecule has 3 aromatic rings. The van der Waals surface area contributed by atoms with Gasteiger partial charge in [-0.1, -0.05) is 23.7 Å². The van der Waals surface area contributed by atoms with Crippen molar-refractivity contribution in [1.82, 2.24) is 9.78 Å². The fraction of sp³-hybridized carbons (Fsp3) is 0.261. The highest BCUT2D eigenvalue weighted by atomic mass is 35.5. The van der Waals surface area contributed by atoms with Crippen LogP contribution in [0.1, 0.15) is 18.4 Å². The van der Waals surface area contributed by atoms with Crippen LogP contribution in [0.4, 0.5) is 15.9 Å². The van der Waals surface area contributed by atoms with Gasteiger partial charge in [0.15, 0.2) is 0 Å². The number of hydrogen-bond acceptors (Lipinski definition) is 4. The van der Waals surface area contributed by atoms with Gasteiger partial charge in [0.1, 0.15) is 11.6 Å². The fourth-order valence-electron chi connectivity index (χ4n) is 3.74. The number of hydrogen-bond donors (Lipinski definition) is 1. The number of nitrogens with one attached hydrogen (secondary N) is 1. The van der Waals surface area contributed by atoms with E-state index < -0.39 is 5.82 Å². The van der Waals surface area contributed by atoms with Crippen molar-refractivity contribution in [3.8, 4) is 5.69 Å². The van der Waals surface area contributed by atoms with Crippen LogP contribution in [0.15, 0.2) is 59.4 Å². The third-order valence-electron chi connectivity index (χ3n) is 5.48. The van der Waals surface area contributed by atoms with Gasteiger partial charge in [-0.25, -0.2) is 4.39 Å². The largest absolute Gasteiger partial charge is 0.354 e. The van der Waals surface area contributed by atoms with Crippen molar-refractivity contribution in [1.29, 1.82) is 0 Å². The Labute approximate surface area is 184 Å². The molecule has 0 bridgehead atoms. The van der Waals surface area contributed by atoms with Gasteiger partial charge < -0.3 is 10.2 Å². The van der Waals surface area contributed by atoms with Crippen molar-refractivity contribution in [3.05, 3.63) is 81.4 Å². The monoisotopic (exact) mass is 440 g/mol. The number of carbonyl (C=O) groups is 1. The molecule has 4 rings (SSSR count). The van der Waals surface area contributed by atoms with E-state index in [2.05, 4.69) is 10.4 Å². The summed E-state index contributed by atoms with van der Waals surface area (Å²) < 4.78 is 14.8. The molecule has 1 aliphatic heterocycles. The predicted molar refractivity (Wildman–Crippen MR) is 120 cm³/mol. The second-order valence-electron chi connectivity index (χ2n) is 7.61. The Balaban J connectivity index is 1.53. The molecule has 0 spiro atoms. The molecule has 160 valence electrons. The third kappa shape index (κ3) is 4.61. The Bertz CT molecular complexity index is 1180. The van der Waals surface area contributed by atoms with E-state index in [1.807, 2.05) is 17.9 Å². The second-order valence-corrected chi connectivity index (χ2v) is 8.02. The van der Waals surface area contributed by atoms with Gasteiger partial charge in [-0.2, -0.15) is 4.68 Å². The molecule has 1 unspecified atom stereocenters. The van der Waals surface area contributed by atoms with Gasteiger partial charge >= 0.3 is 0 Å². The summed E-state index contributed by atoms with van der Waals surface area (Å²) in [6.07, 6.45) is 1.57. The van der Waals surface area contributed by atoms with Crippen LogP contribution < -0.4 is 15.8 Å². The van der Waals surface area contributed by atoms with Crippen molar-refractivity contribution in [3.63, 3.8) is 0 Å². The molecule has 0 aliphatic carbocycles. The van der Waals surface area contributed by atoms with E-state index in [9.17, 15) is 14.0 Å². The van der Waals surface area contributed by atoms with Crippen LogP contribution in [0.2, 0.25) is 5.02 Å². The average molecular weight is 441 g/mol. The van der Waals surface area contributed by atoms with Crippen LogP contribution >= 0.6 is 11.6 Å². The molecule has 8 heteroatoms. The summed E-state index contributed by atoms with van der Waals surface area (Å²) >= 11 is 6.16. The number of nitrogens with zero attached hydrogens (tertiary/aromatic N) is 3. The van der Waals surface area contributed by atoms with Gasteiger partial charge in [0.25, 0.3) is 5.56 Å². The maximum absolute atomic E-state index is 13.6. The van der Waals surface area contributed by atoms with Crippen molar-refractivity contribution in [2.75, 3.05) is 23.3 Å². The number of halogens is 2. The first-order chi connectivity index (χ1) is 14.9. The Morgan fingerprint density at radius 2 is 2.00 bits per heavy atom. The Morgan fingerprint density at radius 1 is 1.19 bits per heavy atom. The number of aromatic nitrogens is 2. The maximum atomic E-state index is 13.6. The number of anilines is 2. The van der Waals surface area contributed by atoms with E-state index in [1.165, 1.54) is 28.9 Å². The number of amides is 1. The molecular weight excluding hydrogens is 419 g/mol. The molecule has 1 aromatic heterocycles. The van der Waals surface area contributed by atoms with Crippen molar-refractivity contribution in [2.45, 2.75) is 19.8 Å². The molecule has 6 nitrogen and oxygen atoms in total. The maximum Gasteiger partial charge on any atom is 0.271 e. The predicted octanol–water partition coefficient (Wildman–Crippen LogP) is 4.19. The highest BCUT2D eigenvalue weighted by Crippen LogP contribution is 2.26. The topological polar surface area (TPSA) is 67.2 Å². The third-order valence-corrected chi connectivity index (χ3v) is 5.89. The van der Waals surface area contributed by atoms with Crippen molar-refractivity contribution < 1.29 is 9.18 Å². The molecule has 2 aromatic carbocycles. The van der Waals surface area contributed by atoms with Crippen molar-refractivity contribution in [2.24, 2.45) is 5.92 Å². The van der Waals surface area contributed by atoms with E-state index in [0.717, 1.165) is 18.4 Å². The number of carbonyl (C=O) groups excluding carboxylic acids is 1. The fourth-order valence-corrected chi connectivity index (χ4v) is 3.91. The lowest BCUT2D eigenvalue weighted by Crippen LogP contribution is -2.41. The van der Waals surface area contributed by atoms with Crippen LogP contribution in [-0.4, -0.2) is 28.8 Å². The SMILES string of the molecule is Cc1c(Cl)cccc1NC(=O)C1CCCN(c2ccc(=O)n(-c3cccc(F)c3)n2)C1. The van der Waals surface area contributed by atoms with Crippen molar-refractivity contribution >= 4 is 29.0 Å². The molecule has 1 amide bonds. The minimum Gasteiger partial charge on any atom is -0.354 e. The Morgan fingerprint density at radius 3 is 2.81 bits per heavy atom. The smallest absolute Gasteiger partial charge is 0.271 e. The molecule has 1 aliphatic rings. The van der Waals surface area contributed by atoms with Gasteiger partial charge in [0, 0.05) is 29.9 Å². The van der Waals surface area contributed by atoms with Gasteiger partial charge in [-0.15, -0.1) is 5.10 Å². The molecule has 0 radical (unpaired) electrons. The molecular formula is C23H22ClFN4O2. The molecule has 2 heterocycles. The molecule has 1 atom stereocenters. The lowest BCUT2D eigenvalue weighted by Gasteiger charge is -2.33. The van der Waals surface area contributed by atoms with Crippen LogP contribution in [0.5, 0.6) is 0 Å². The zero-order chi connectivity index (χ0) is 22.0. The minimum atomic E-state index is -0.442. The summed E-state index contributed by atoms with van der Waals surface area (Å²) in [5, 5.41) is 8.01. The minimum absolute atomic E-state index is 0.0754. The molecule has 1 fully saturated rings. The number of piperidine rings is 1. The summed E-state index contributed by atoms with van der Waals surface area (Å²) in [4.78, 5) is 27.2. The van der Waals surface area contributed by atoms with E-state index in [1.54, 1.807) is 24.3 Å². The van der Waals surface area contributed by atoms with Crippen LogP contribution in [0.25, 0.3) is 5.69 Å². The molecule has 31 heavy (non-hydrogen) atoms. The summed E-state index contributed by atoms with van der Waals surface area (Å²) in [5.41, 5.74) is 1.54. The Hall–Kier alpha value is -3.19. The van der Waals surface area contributed by atoms with Crippen LogP contribution in [0.3, 0.4) is 0 Å². The Kier molecular flexibility index (Phi) is 6.04. The highest BCUT2D eigenvalue weighted by Gasteiger charge is 2.27. The highest BCUT2D eigenvalue weighted by molar-refractivity contribution is 6.31. The zero-order valence-electron chi connectivity index (χ0n) is 17.0. The van der Waals surface area contributed by atoms with E-state index in [4.69, 9.17) is 11.6 Å². The van der Waals surface area contributed by atoms with Gasteiger partial charge in [0.2, 0.25) is 5.91 Å². The first-order valence-electron chi connectivity index (χ1n) is 10.1. The quantitative estimate of drug-likeness (QED) is 0.660. The molecule has 1 N–H and O–H groups in total. The summed E-state index contributed by atoms with van der Waals surface area (Å²) in [7, 11) is 0. The lowest BCUT2D eigenvalue weighted by molar-refractivity contribution is -0.120. The average Bonchev–Trinajstić information content (AvgIpc) is 2.77. The van der Waals surface area contributed by atoms with E-state index >= 15 is 0 Å². The van der Waals surface area contributed by atoms with E-state index in [-0.39, 0.29) is 17.4 Å². The lowest BCUT2D eigenvalue weighted by atomic mass is 9.97. The van der Waals surface area contributed by atoms with E-state index in [0.29, 0.717) is 35.3 Å². The summed E-state index contributed by atoms with van der Waals surface area (Å²) in [6, 6.07) is 14.2. The molecule has 0 saturated carbocycles. The zero-order valence-corrected chi connectivity index (χ0v) is 17.8. The standard InChI is InChI=1S/C23H22ClFN4O2/c1-15-19(24)8-3-9-20(15)26-23(31)16-5-4-12-28(14-16)21-10-11-22(30)29(27-21)18-7-2-6-17(25)13-18/h2-3,6-11,13,16H,4-5,12,14H2,1H3,(H,26,31). The normalized spacial score (nSPS) is 16.2. The van der Waals surface area contributed by atoms with Gasteiger partial charge in [-0.3, -0.25) is 9.59 Å². The first-order valence-corrected chi connectivity index (χ1v) is 10.5.